The van der Waals surface area contributed by atoms with Crippen LogP contribution in [0.3, 0.4) is 0 Å². The highest BCUT2D eigenvalue weighted by molar-refractivity contribution is 5.31. The molecule has 0 radical (unpaired) electrons. The zero-order valence-corrected chi connectivity index (χ0v) is 10.8. The Morgan fingerprint density at radius 2 is 1.71 bits per heavy atom. The fourth-order valence-corrected chi connectivity index (χ4v) is 1.92. The Morgan fingerprint density at radius 1 is 1.05 bits per heavy atom. The predicted molar refractivity (Wildman–Crippen MR) is 69.9 cm³/mol. The summed E-state index contributed by atoms with van der Waals surface area (Å²) < 4.78 is 39.8. The van der Waals surface area contributed by atoms with Crippen LogP contribution in [-0.2, 0) is 6.42 Å². The molecule has 0 saturated heterocycles. The normalized spacial score (nSPS) is 13.0. The molecule has 112 valence electrons. The van der Waals surface area contributed by atoms with Gasteiger partial charge in [0.1, 0.15) is 11.5 Å². The SMILES string of the molecule is Oc1cccc(CC(O)c2ccc(OC(F)(F)F)cc2)c1. The molecule has 1 unspecified atom stereocenters. The maximum atomic E-state index is 12.0. The van der Waals surface area contributed by atoms with Crippen LogP contribution in [0.5, 0.6) is 11.5 Å². The van der Waals surface area contributed by atoms with Gasteiger partial charge in [0.2, 0.25) is 0 Å². The molecule has 0 fully saturated rings. The van der Waals surface area contributed by atoms with Gasteiger partial charge in [-0.15, -0.1) is 13.2 Å². The molecule has 0 aliphatic carbocycles. The summed E-state index contributed by atoms with van der Waals surface area (Å²) in [6.45, 7) is 0. The molecule has 0 spiro atoms. The maximum absolute atomic E-state index is 12.0. The predicted octanol–water partition coefficient (Wildman–Crippen LogP) is 3.57. The number of aromatic hydroxyl groups is 1. The highest BCUT2D eigenvalue weighted by Gasteiger charge is 2.31. The third-order valence-electron chi connectivity index (χ3n) is 2.84. The molecule has 2 aromatic rings. The van der Waals surface area contributed by atoms with Gasteiger partial charge in [-0.3, -0.25) is 0 Å². The molecule has 1 atom stereocenters. The van der Waals surface area contributed by atoms with Gasteiger partial charge in [-0.25, -0.2) is 0 Å². The van der Waals surface area contributed by atoms with Gasteiger partial charge >= 0.3 is 6.36 Å². The number of ether oxygens (including phenoxy) is 1. The number of aliphatic hydroxyl groups excluding tert-OH is 1. The quantitative estimate of drug-likeness (QED) is 0.907. The van der Waals surface area contributed by atoms with Crippen LogP contribution < -0.4 is 4.74 Å². The van der Waals surface area contributed by atoms with Crippen LogP contribution in [-0.4, -0.2) is 16.6 Å². The highest BCUT2D eigenvalue weighted by atomic mass is 19.4. The average Bonchev–Trinajstić information content (AvgIpc) is 2.37. The Kier molecular flexibility index (Phi) is 4.37. The van der Waals surface area contributed by atoms with Crippen LogP contribution in [0.25, 0.3) is 0 Å². The van der Waals surface area contributed by atoms with E-state index >= 15 is 0 Å². The van der Waals surface area contributed by atoms with E-state index in [1.54, 1.807) is 12.1 Å². The fourth-order valence-electron chi connectivity index (χ4n) is 1.92. The Bertz CT molecular complexity index is 594. The summed E-state index contributed by atoms with van der Waals surface area (Å²) in [5.41, 5.74) is 1.19. The van der Waals surface area contributed by atoms with E-state index in [1.807, 2.05) is 0 Å². The van der Waals surface area contributed by atoms with Crippen molar-refractivity contribution in [3.8, 4) is 11.5 Å². The number of rotatable bonds is 4. The van der Waals surface area contributed by atoms with E-state index in [0.29, 0.717) is 5.56 Å². The summed E-state index contributed by atoms with van der Waals surface area (Å²) in [5, 5.41) is 19.4. The number of halogens is 3. The van der Waals surface area contributed by atoms with Crippen molar-refractivity contribution in [2.24, 2.45) is 0 Å². The Labute approximate surface area is 119 Å². The fraction of sp³-hybridized carbons (Fsp3) is 0.200. The summed E-state index contributed by atoms with van der Waals surface area (Å²) in [7, 11) is 0. The van der Waals surface area contributed by atoms with Gasteiger partial charge in [0.05, 0.1) is 6.10 Å². The summed E-state index contributed by atoms with van der Waals surface area (Å²) in [6.07, 6.45) is -5.37. The second kappa shape index (κ2) is 6.05. The molecule has 2 aromatic carbocycles. The Hall–Kier alpha value is -2.21. The Morgan fingerprint density at radius 3 is 2.29 bits per heavy atom. The monoisotopic (exact) mass is 298 g/mol. The number of phenols is 1. The molecule has 2 rings (SSSR count). The standard InChI is InChI=1S/C15H13F3O3/c16-15(17,18)21-13-6-4-11(5-7-13)14(20)9-10-2-1-3-12(19)8-10/h1-8,14,19-20H,9H2. The van der Waals surface area contributed by atoms with Gasteiger partial charge in [0.25, 0.3) is 0 Å². The number of benzene rings is 2. The minimum atomic E-state index is -4.73. The minimum absolute atomic E-state index is 0.0913. The molecule has 0 aliphatic heterocycles. The molecule has 0 bridgehead atoms. The average molecular weight is 298 g/mol. The summed E-state index contributed by atoms with van der Waals surface area (Å²) in [5.74, 6) is -0.246. The van der Waals surface area contributed by atoms with E-state index in [1.165, 1.54) is 24.3 Å². The third kappa shape index (κ3) is 4.68. The van der Waals surface area contributed by atoms with Crippen molar-refractivity contribution in [3.05, 3.63) is 59.7 Å². The zero-order valence-electron chi connectivity index (χ0n) is 10.8. The molecule has 21 heavy (non-hydrogen) atoms. The van der Waals surface area contributed by atoms with Crippen molar-refractivity contribution in [1.29, 1.82) is 0 Å². The lowest BCUT2D eigenvalue weighted by Gasteiger charge is -2.13. The number of hydrogen-bond acceptors (Lipinski definition) is 3. The first-order chi connectivity index (χ1) is 9.83. The van der Waals surface area contributed by atoms with E-state index in [4.69, 9.17) is 0 Å². The molecule has 6 heteroatoms. The molecule has 0 saturated carbocycles. The van der Waals surface area contributed by atoms with Gasteiger partial charge in [-0.05, 0) is 35.4 Å². The van der Waals surface area contributed by atoms with Gasteiger partial charge < -0.3 is 14.9 Å². The lowest BCUT2D eigenvalue weighted by atomic mass is 10.0. The van der Waals surface area contributed by atoms with Crippen LogP contribution in [0, 0.1) is 0 Å². The van der Waals surface area contributed by atoms with Gasteiger partial charge in [0, 0.05) is 6.42 Å². The molecular weight excluding hydrogens is 285 g/mol. The second-order valence-corrected chi connectivity index (χ2v) is 4.51. The van der Waals surface area contributed by atoms with E-state index in [2.05, 4.69) is 4.74 Å². The summed E-state index contributed by atoms with van der Waals surface area (Å²) >= 11 is 0. The molecule has 3 nitrogen and oxygen atoms in total. The van der Waals surface area contributed by atoms with Crippen molar-refractivity contribution >= 4 is 0 Å². The molecule has 0 heterocycles. The lowest BCUT2D eigenvalue weighted by Crippen LogP contribution is -2.17. The summed E-state index contributed by atoms with van der Waals surface area (Å²) in [6, 6.07) is 11.5. The number of aliphatic hydroxyl groups is 1. The van der Waals surface area contributed by atoms with E-state index < -0.39 is 12.5 Å². The van der Waals surface area contributed by atoms with Crippen LogP contribution >= 0.6 is 0 Å². The first-order valence-corrected chi connectivity index (χ1v) is 6.15. The van der Waals surface area contributed by atoms with E-state index in [9.17, 15) is 23.4 Å². The van der Waals surface area contributed by atoms with Gasteiger partial charge in [-0.2, -0.15) is 0 Å². The molecule has 2 N–H and O–H groups in total. The van der Waals surface area contributed by atoms with E-state index in [-0.39, 0.29) is 17.9 Å². The third-order valence-corrected chi connectivity index (χ3v) is 2.84. The number of phenolic OH excluding ortho intramolecular Hbond substituents is 1. The molecule has 0 amide bonds. The summed E-state index contributed by atoms with van der Waals surface area (Å²) in [4.78, 5) is 0. The lowest BCUT2D eigenvalue weighted by molar-refractivity contribution is -0.274. The van der Waals surface area contributed by atoms with Gasteiger partial charge in [0.15, 0.2) is 0 Å². The Balaban J connectivity index is 2.04. The second-order valence-electron chi connectivity index (χ2n) is 4.51. The van der Waals surface area contributed by atoms with Crippen molar-refractivity contribution in [3.63, 3.8) is 0 Å². The first-order valence-electron chi connectivity index (χ1n) is 6.15. The van der Waals surface area contributed by atoms with Crippen LogP contribution in [0.1, 0.15) is 17.2 Å². The highest BCUT2D eigenvalue weighted by Crippen LogP contribution is 2.26. The number of alkyl halides is 3. The maximum Gasteiger partial charge on any atom is 0.573 e. The first kappa shape index (κ1) is 15.2. The topological polar surface area (TPSA) is 49.7 Å². The van der Waals surface area contributed by atoms with Crippen LogP contribution in [0.4, 0.5) is 13.2 Å². The largest absolute Gasteiger partial charge is 0.573 e. The van der Waals surface area contributed by atoms with Crippen LogP contribution in [0.15, 0.2) is 48.5 Å². The smallest absolute Gasteiger partial charge is 0.508 e. The van der Waals surface area contributed by atoms with Crippen molar-refractivity contribution in [1.82, 2.24) is 0 Å². The van der Waals surface area contributed by atoms with Crippen molar-refractivity contribution in [2.75, 3.05) is 0 Å². The van der Waals surface area contributed by atoms with Crippen molar-refractivity contribution < 1.29 is 28.1 Å². The minimum Gasteiger partial charge on any atom is -0.508 e. The molecule has 0 aliphatic rings. The molecule has 0 aromatic heterocycles. The van der Waals surface area contributed by atoms with Crippen molar-refractivity contribution in [2.45, 2.75) is 18.9 Å². The van der Waals surface area contributed by atoms with Gasteiger partial charge in [-0.1, -0.05) is 24.3 Å². The van der Waals surface area contributed by atoms with Crippen LogP contribution in [0.2, 0.25) is 0 Å². The van der Waals surface area contributed by atoms with E-state index in [0.717, 1.165) is 17.7 Å². The molecular formula is C15H13F3O3. The number of hydrogen-bond donors (Lipinski definition) is 2. The zero-order chi connectivity index (χ0) is 15.5.